The maximum atomic E-state index is 12.8. The van der Waals surface area contributed by atoms with Crippen molar-refractivity contribution in [1.29, 1.82) is 0 Å². The fraction of sp³-hybridized carbons (Fsp3) is 0.754. The molecule has 0 saturated heterocycles. The SMILES string of the molecule is CC/C=C\C/C=C\C/C=C\C/C=C\CCCCC(=O)OC(COC(=O)CCCCCCC/C=C\C/C=C\CCCC)COC(=O)CCCCCCCCCCCCCCCCCCCCCC. The highest BCUT2D eigenvalue weighted by Gasteiger charge is 2.19. The van der Waals surface area contributed by atoms with Gasteiger partial charge in [0, 0.05) is 19.3 Å². The second kappa shape index (κ2) is 55.4. The van der Waals surface area contributed by atoms with Crippen molar-refractivity contribution in [2.45, 2.75) is 284 Å². The maximum Gasteiger partial charge on any atom is 0.306 e. The molecule has 0 amide bonds. The summed E-state index contributed by atoms with van der Waals surface area (Å²) in [5.74, 6) is -0.943. The van der Waals surface area contributed by atoms with E-state index in [2.05, 4.69) is 93.7 Å². The maximum absolute atomic E-state index is 12.8. The molecule has 0 aromatic carbocycles. The van der Waals surface area contributed by atoms with Crippen LogP contribution < -0.4 is 0 Å². The first-order chi connectivity index (χ1) is 33.0. The van der Waals surface area contributed by atoms with E-state index in [1.807, 2.05) is 0 Å². The first kappa shape index (κ1) is 63.8. The minimum Gasteiger partial charge on any atom is -0.462 e. The molecule has 6 nitrogen and oxygen atoms in total. The highest BCUT2D eigenvalue weighted by molar-refractivity contribution is 5.71. The zero-order valence-electron chi connectivity index (χ0n) is 44.2. The van der Waals surface area contributed by atoms with Gasteiger partial charge in [-0.15, -0.1) is 0 Å². The Balaban J connectivity index is 4.39. The second-order valence-electron chi connectivity index (χ2n) is 18.8. The highest BCUT2D eigenvalue weighted by Crippen LogP contribution is 2.16. The average molecular weight is 936 g/mol. The van der Waals surface area contributed by atoms with E-state index in [0.717, 1.165) is 103 Å². The summed E-state index contributed by atoms with van der Waals surface area (Å²) < 4.78 is 16.8. The Morgan fingerprint density at radius 2 is 0.597 bits per heavy atom. The molecule has 0 rings (SSSR count). The van der Waals surface area contributed by atoms with E-state index in [1.165, 1.54) is 128 Å². The Hall–Kier alpha value is -3.15. The predicted octanol–water partition coefficient (Wildman–Crippen LogP) is 19.0. The van der Waals surface area contributed by atoms with Crippen LogP contribution in [0.4, 0.5) is 0 Å². The number of carbonyl (C=O) groups excluding carboxylic acids is 3. The first-order valence-corrected chi connectivity index (χ1v) is 28.4. The molecule has 67 heavy (non-hydrogen) atoms. The Labute approximate surface area is 414 Å². The zero-order chi connectivity index (χ0) is 48.6. The van der Waals surface area contributed by atoms with Crippen LogP contribution in [0, 0.1) is 0 Å². The molecule has 1 unspecified atom stereocenters. The van der Waals surface area contributed by atoms with Crippen LogP contribution in [0.5, 0.6) is 0 Å². The number of unbranched alkanes of at least 4 members (excludes halogenated alkanes) is 28. The topological polar surface area (TPSA) is 78.9 Å². The predicted molar refractivity (Wildman–Crippen MR) is 288 cm³/mol. The summed E-state index contributed by atoms with van der Waals surface area (Å²) in [6.07, 6.45) is 70.4. The molecule has 6 heteroatoms. The quantitative estimate of drug-likeness (QED) is 0.0262. The molecule has 0 aliphatic rings. The normalized spacial score (nSPS) is 12.6. The highest BCUT2D eigenvalue weighted by atomic mass is 16.6. The Kier molecular flexibility index (Phi) is 52.8. The molecule has 0 heterocycles. The Morgan fingerprint density at radius 1 is 0.313 bits per heavy atom. The van der Waals surface area contributed by atoms with E-state index < -0.39 is 6.10 Å². The van der Waals surface area contributed by atoms with Gasteiger partial charge in [0.25, 0.3) is 0 Å². The third-order valence-electron chi connectivity index (χ3n) is 12.2. The lowest BCUT2D eigenvalue weighted by atomic mass is 10.0. The van der Waals surface area contributed by atoms with Crippen molar-refractivity contribution in [3.8, 4) is 0 Å². The number of hydrogen-bond acceptors (Lipinski definition) is 6. The molecule has 0 aliphatic carbocycles. The molecule has 0 bridgehead atoms. The van der Waals surface area contributed by atoms with E-state index in [4.69, 9.17) is 14.2 Å². The largest absolute Gasteiger partial charge is 0.462 e. The number of hydrogen-bond donors (Lipinski definition) is 0. The number of rotatable bonds is 51. The van der Waals surface area contributed by atoms with Crippen LogP contribution >= 0.6 is 0 Å². The van der Waals surface area contributed by atoms with E-state index in [0.29, 0.717) is 19.3 Å². The molecule has 1 atom stereocenters. The molecule has 386 valence electrons. The van der Waals surface area contributed by atoms with E-state index in [-0.39, 0.29) is 37.5 Å². The first-order valence-electron chi connectivity index (χ1n) is 28.4. The van der Waals surface area contributed by atoms with Gasteiger partial charge in [-0.3, -0.25) is 14.4 Å². The summed E-state index contributed by atoms with van der Waals surface area (Å²) in [6.45, 7) is 6.46. The molecule has 0 aromatic rings. The van der Waals surface area contributed by atoms with Crippen LogP contribution in [-0.4, -0.2) is 37.2 Å². The third kappa shape index (κ3) is 53.7. The van der Waals surface area contributed by atoms with E-state index in [1.54, 1.807) is 0 Å². The Morgan fingerprint density at radius 3 is 0.985 bits per heavy atom. The number of carbonyl (C=O) groups is 3. The van der Waals surface area contributed by atoms with Gasteiger partial charge in [-0.25, -0.2) is 0 Å². The lowest BCUT2D eigenvalue weighted by molar-refractivity contribution is -0.167. The van der Waals surface area contributed by atoms with Crippen LogP contribution in [0.25, 0.3) is 0 Å². The monoisotopic (exact) mass is 935 g/mol. The zero-order valence-corrected chi connectivity index (χ0v) is 44.2. The molecule has 0 radical (unpaired) electrons. The van der Waals surface area contributed by atoms with E-state index in [9.17, 15) is 14.4 Å². The van der Waals surface area contributed by atoms with Crippen molar-refractivity contribution in [1.82, 2.24) is 0 Å². The average Bonchev–Trinajstić information content (AvgIpc) is 3.33. The van der Waals surface area contributed by atoms with Gasteiger partial charge in [0.2, 0.25) is 0 Å². The van der Waals surface area contributed by atoms with Crippen molar-refractivity contribution in [2.24, 2.45) is 0 Å². The van der Waals surface area contributed by atoms with Crippen molar-refractivity contribution in [3.05, 3.63) is 72.9 Å². The fourth-order valence-electron chi connectivity index (χ4n) is 7.92. The standard InChI is InChI=1S/C61H106O6/c1-4-7-10-13-16-19-22-25-28-29-30-31-32-34-36-39-42-45-48-51-54-60(63)66-57-58(56-65-59(62)53-50-47-44-41-38-35-27-24-21-18-15-12-9-6-3)67-61(64)55-52-49-46-43-40-37-33-26-23-20-17-14-11-8-5-2/h8,11,15,17-18,20,24,26-27,33,40,43,58H,4-7,9-10,12-14,16,19,21-23,25,28-32,34-39,41-42,44-57H2,1-3H3/b11-8-,18-15-,20-17-,27-24-,33-26-,43-40-. The van der Waals surface area contributed by atoms with Gasteiger partial charge >= 0.3 is 17.9 Å². The van der Waals surface area contributed by atoms with Gasteiger partial charge < -0.3 is 14.2 Å². The third-order valence-corrected chi connectivity index (χ3v) is 12.2. The van der Waals surface area contributed by atoms with Crippen LogP contribution in [-0.2, 0) is 28.6 Å². The lowest BCUT2D eigenvalue weighted by Crippen LogP contribution is -2.30. The van der Waals surface area contributed by atoms with Gasteiger partial charge in [-0.2, -0.15) is 0 Å². The summed E-state index contributed by atoms with van der Waals surface area (Å²) in [7, 11) is 0. The molecular weight excluding hydrogens is 829 g/mol. The molecular formula is C61H106O6. The van der Waals surface area contributed by atoms with Crippen LogP contribution in [0.1, 0.15) is 278 Å². The number of allylic oxidation sites excluding steroid dienone is 12. The summed E-state index contributed by atoms with van der Waals surface area (Å²) in [5.41, 5.74) is 0. The molecule has 0 spiro atoms. The van der Waals surface area contributed by atoms with Gasteiger partial charge in [0.05, 0.1) is 0 Å². The van der Waals surface area contributed by atoms with Crippen molar-refractivity contribution < 1.29 is 28.6 Å². The van der Waals surface area contributed by atoms with Crippen LogP contribution in [0.2, 0.25) is 0 Å². The molecule has 0 N–H and O–H groups in total. The Bertz CT molecular complexity index is 1260. The smallest absolute Gasteiger partial charge is 0.306 e. The molecule has 0 aliphatic heterocycles. The fourth-order valence-corrected chi connectivity index (χ4v) is 7.92. The molecule has 0 fully saturated rings. The molecule has 0 saturated carbocycles. The lowest BCUT2D eigenvalue weighted by Gasteiger charge is -2.18. The van der Waals surface area contributed by atoms with Crippen molar-refractivity contribution in [3.63, 3.8) is 0 Å². The minimum atomic E-state index is -0.801. The van der Waals surface area contributed by atoms with Gasteiger partial charge in [0.1, 0.15) is 13.2 Å². The number of ether oxygens (including phenoxy) is 3. The van der Waals surface area contributed by atoms with Gasteiger partial charge in [-0.1, -0.05) is 248 Å². The van der Waals surface area contributed by atoms with Gasteiger partial charge in [-0.05, 0) is 83.5 Å². The minimum absolute atomic E-state index is 0.0947. The summed E-state index contributed by atoms with van der Waals surface area (Å²) in [4.78, 5) is 38.1. The summed E-state index contributed by atoms with van der Waals surface area (Å²) in [5, 5.41) is 0. The van der Waals surface area contributed by atoms with Crippen LogP contribution in [0.3, 0.4) is 0 Å². The van der Waals surface area contributed by atoms with Crippen molar-refractivity contribution in [2.75, 3.05) is 13.2 Å². The summed E-state index contributed by atoms with van der Waals surface area (Å²) in [6, 6.07) is 0. The van der Waals surface area contributed by atoms with Crippen molar-refractivity contribution >= 4 is 17.9 Å². The van der Waals surface area contributed by atoms with E-state index >= 15 is 0 Å². The van der Waals surface area contributed by atoms with Gasteiger partial charge in [0.15, 0.2) is 6.10 Å². The number of esters is 3. The van der Waals surface area contributed by atoms with Crippen LogP contribution in [0.15, 0.2) is 72.9 Å². The summed E-state index contributed by atoms with van der Waals surface area (Å²) >= 11 is 0. The molecule has 0 aromatic heterocycles. The second-order valence-corrected chi connectivity index (χ2v) is 18.8.